The predicted octanol–water partition coefficient (Wildman–Crippen LogP) is 2.39. The fourth-order valence-corrected chi connectivity index (χ4v) is 2.42. The van der Waals surface area contributed by atoms with Crippen LogP contribution in [0.5, 0.6) is 0 Å². The first-order chi connectivity index (χ1) is 8.94. The third kappa shape index (κ3) is 6.20. The largest absolute Gasteiger partial charge is 0.393 e. The first kappa shape index (κ1) is 16.2. The standard InChI is InChI=1S/C13H18ClNO3S/c1-2-12(16)7-9-15-19(17,18)10-8-11-5-3-4-6-13(11)14/h3-6,8,10,12,15-16H,2,7,9H2,1H3/b10-8+. The van der Waals surface area contributed by atoms with Gasteiger partial charge in [0.05, 0.1) is 6.10 Å². The molecule has 0 bridgehead atoms. The molecule has 1 aromatic carbocycles. The molecule has 1 atom stereocenters. The molecule has 0 radical (unpaired) electrons. The van der Waals surface area contributed by atoms with Crippen LogP contribution in [-0.2, 0) is 10.0 Å². The van der Waals surface area contributed by atoms with Crippen molar-refractivity contribution in [3.8, 4) is 0 Å². The number of benzene rings is 1. The summed E-state index contributed by atoms with van der Waals surface area (Å²) in [6.45, 7) is 2.06. The predicted molar refractivity (Wildman–Crippen MR) is 78.3 cm³/mol. The minimum atomic E-state index is -3.50. The molecule has 6 heteroatoms. The average Bonchev–Trinajstić information content (AvgIpc) is 2.37. The number of nitrogens with one attached hydrogen (secondary N) is 1. The Morgan fingerprint density at radius 3 is 2.74 bits per heavy atom. The van der Waals surface area contributed by atoms with Gasteiger partial charge in [0.25, 0.3) is 0 Å². The van der Waals surface area contributed by atoms with E-state index in [2.05, 4.69) is 4.72 Å². The number of hydrogen-bond donors (Lipinski definition) is 2. The van der Waals surface area contributed by atoms with E-state index in [9.17, 15) is 13.5 Å². The summed E-state index contributed by atoms with van der Waals surface area (Å²) in [6, 6.07) is 6.98. The fraction of sp³-hybridized carbons (Fsp3) is 0.385. The van der Waals surface area contributed by atoms with Crippen molar-refractivity contribution in [2.24, 2.45) is 0 Å². The highest BCUT2D eigenvalue weighted by Crippen LogP contribution is 2.16. The van der Waals surface area contributed by atoms with Crippen molar-refractivity contribution in [2.75, 3.05) is 6.54 Å². The van der Waals surface area contributed by atoms with Gasteiger partial charge in [-0.25, -0.2) is 13.1 Å². The zero-order chi connectivity index (χ0) is 14.3. The molecule has 1 aromatic rings. The van der Waals surface area contributed by atoms with Gasteiger partial charge in [-0.1, -0.05) is 36.7 Å². The first-order valence-electron chi connectivity index (χ1n) is 6.05. The Balaban J connectivity index is 2.57. The van der Waals surface area contributed by atoms with Gasteiger partial charge in [-0.3, -0.25) is 0 Å². The number of aliphatic hydroxyl groups excluding tert-OH is 1. The fourth-order valence-electron chi connectivity index (χ4n) is 1.39. The van der Waals surface area contributed by atoms with Crippen LogP contribution in [0.25, 0.3) is 6.08 Å². The van der Waals surface area contributed by atoms with Crippen molar-refractivity contribution in [2.45, 2.75) is 25.9 Å². The second-order valence-corrected chi connectivity index (χ2v) is 6.17. The number of hydrogen-bond acceptors (Lipinski definition) is 3. The lowest BCUT2D eigenvalue weighted by atomic mass is 10.2. The summed E-state index contributed by atoms with van der Waals surface area (Å²) in [4.78, 5) is 0. The molecular formula is C13H18ClNO3S. The average molecular weight is 304 g/mol. The molecule has 0 aromatic heterocycles. The Hall–Kier alpha value is -0.880. The van der Waals surface area contributed by atoms with E-state index in [0.29, 0.717) is 23.4 Å². The van der Waals surface area contributed by atoms with Gasteiger partial charge in [0.1, 0.15) is 0 Å². The van der Waals surface area contributed by atoms with Crippen molar-refractivity contribution in [1.29, 1.82) is 0 Å². The molecule has 0 saturated heterocycles. The van der Waals surface area contributed by atoms with Gasteiger partial charge in [0, 0.05) is 17.0 Å². The molecule has 0 heterocycles. The quantitative estimate of drug-likeness (QED) is 0.813. The zero-order valence-electron chi connectivity index (χ0n) is 10.7. The van der Waals surface area contributed by atoms with Gasteiger partial charge >= 0.3 is 0 Å². The summed E-state index contributed by atoms with van der Waals surface area (Å²) in [7, 11) is -3.50. The van der Waals surface area contributed by atoms with Gasteiger partial charge < -0.3 is 5.11 Å². The minimum absolute atomic E-state index is 0.213. The molecule has 0 fully saturated rings. The highest BCUT2D eigenvalue weighted by molar-refractivity contribution is 7.92. The van der Waals surface area contributed by atoms with E-state index in [0.717, 1.165) is 5.41 Å². The maximum Gasteiger partial charge on any atom is 0.233 e. The Morgan fingerprint density at radius 1 is 1.42 bits per heavy atom. The van der Waals surface area contributed by atoms with Gasteiger partial charge in [-0.2, -0.15) is 0 Å². The molecule has 2 N–H and O–H groups in total. The molecule has 19 heavy (non-hydrogen) atoms. The van der Waals surface area contributed by atoms with Crippen LogP contribution < -0.4 is 4.72 Å². The van der Waals surface area contributed by atoms with Crippen LogP contribution in [0.3, 0.4) is 0 Å². The van der Waals surface area contributed by atoms with Crippen molar-refractivity contribution in [3.63, 3.8) is 0 Å². The van der Waals surface area contributed by atoms with Crippen LogP contribution in [0.1, 0.15) is 25.3 Å². The summed E-state index contributed by atoms with van der Waals surface area (Å²) >= 11 is 5.92. The van der Waals surface area contributed by atoms with Gasteiger partial charge in [0.2, 0.25) is 10.0 Å². The van der Waals surface area contributed by atoms with Crippen molar-refractivity contribution >= 4 is 27.7 Å². The zero-order valence-corrected chi connectivity index (χ0v) is 12.3. The molecule has 0 spiro atoms. The maximum atomic E-state index is 11.7. The maximum absolute atomic E-state index is 11.7. The van der Waals surface area contributed by atoms with E-state index in [4.69, 9.17) is 11.6 Å². The van der Waals surface area contributed by atoms with Crippen LogP contribution >= 0.6 is 11.6 Å². The Morgan fingerprint density at radius 2 is 2.11 bits per heavy atom. The molecule has 1 rings (SSSR count). The molecule has 1 unspecified atom stereocenters. The van der Waals surface area contributed by atoms with E-state index >= 15 is 0 Å². The molecule has 0 aliphatic heterocycles. The monoisotopic (exact) mass is 303 g/mol. The molecule has 4 nitrogen and oxygen atoms in total. The third-order valence-corrected chi connectivity index (χ3v) is 4.03. The van der Waals surface area contributed by atoms with Gasteiger partial charge in [-0.15, -0.1) is 0 Å². The highest BCUT2D eigenvalue weighted by atomic mass is 35.5. The lowest BCUT2D eigenvalue weighted by Crippen LogP contribution is -2.25. The number of sulfonamides is 1. The number of rotatable bonds is 7. The van der Waals surface area contributed by atoms with Crippen LogP contribution in [0, 0.1) is 0 Å². The summed E-state index contributed by atoms with van der Waals surface area (Å²) in [5.74, 6) is 0. The summed E-state index contributed by atoms with van der Waals surface area (Å²) in [5.41, 5.74) is 0.642. The Bertz CT molecular complexity index is 528. The van der Waals surface area contributed by atoms with E-state index in [1.807, 2.05) is 6.92 Å². The van der Waals surface area contributed by atoms with Crippen LogP contribution in [-0.4, -0.2) is 26.2 Å². The number of aliphatic hydroxyl groups is 1. The van der Waals surface area contributed by atoms with Crippen LogP contribution in [0.4, 0.5) is 0 Å². The van der Waals surface area contributed by atoms with Crippen LogP contribution in [0.2, 0.25) is 5.02 Å². The second kappa shape index (κ2) is 7.65. The smallest absolute Gasteiger partial charge is 0.233 e. The first-order valence-corrected chi connectivity index (χ1v) is 7.97. The van der Waals surface area contributed by atoms with E-state index in [-0.39, 0.29) is 6.54 Å². The van der Waals surface area contributed by atoms with E-state index in [1.54, 1.807) is 24.3 Å². The summed E-state index contributed by atoms with van der Waals surface area (Å²) < 4.78 is 25.7. The van der Waals surface area contributed by atoms with Gasteiger partial charge in [-0.05, 0) is 30.5 Å². The van der Waals surface area contributed by atoms with Crippen molar-refractivity contribution < 1.29 is 13.5 Å². The molecule has 0 aliphatic carbocycles. The summed E-state index contributed by atoms with van der Waals surface area (Å²) in [6.07, 6.45) is 1.98. The topological polar surface area (TPSA) is 66.4 Å². The van der Waals surface area contributed by atoms with Crippen molar-refractivity contribution in [3.05, 3.63) is 40.3 Å². The minimum Gasteiger partial charge on any atom is -0.393 e. The van der Waals surface area contributed by atoms with Gasteiger partial charge in [0.15, 0.2) is 0 Å². The van der Waals surface area contributed by atoms with E-state index < -0.39 is 16.1 Å². The Labute approximate surface area is 119 Å². The lowest BCUT2D eigenvalue weighted by Gasteiger charge is -2.07. The van der Waals surface area contributed by atoms with Crippen molar-refractivity contribution in [1.82, 2.24) is 4.72 Å². The second-order valence-electron chi connectivity index (χ2n) is 4.11. The molecule has 0 saturated carbocycles. The summed E-state index contributed by atoms with van der Waals surface area (Å²) in [5, 5.41) is 10.9. The molecular weight excluding hydrogens is 286 g/mol. The SMILES string of the molecule is CCC(O)CCNS(=O)(=O)/C=C/c1ccccc1Cl. The lowest BCUT2D eigenvalue weighted by molar-refractivity contribution is 0.162. The molecule has 0 aliphatic rings. The van der Waals surface area contributed by atoms with E-state index in [1.165, 1.54) is 6.08 Å². The highest BCUT2D eigenvalue weighted by Gasteiger charge is 2.07. The molecule has 106 valence electrons. The normalized spacial score (nSPS) is 13.8. The molecule has 0 amide bonds. The third-order valence-electron chi connectivity index (χ3n) is 2.58. The van der Waals surface area contributed by atoms with Crippen LogP contribution in [0.15, 0.2) is 29.7 Å². The number of halogens is 1. The Kier molecular flexibility index (Phi) is 6.51.